The normalized spacial score (nSPS) is 14.4. The molecular weight excluding hydrogens is 320 g/mol. The van der Waals surface area contributed by atoms with Crippen molar-refractivity contribution in [1.29, 1.82) is 0 Å². The van der Waals surface area contributed by atoms with Crippen molar-refractivity contribution >= 4 is 34.2 Å². The highest BCUT2D eigenvalue weighted by atomic mass is 35.5. The quantitative estimate of drug-likeness (QED) is 0.617. The van der Waals surface area contributed by atoms with Gasteiger partial charge in [0.05, 0.1) is 16.5 Å². The van der Waals surface area contributed by atoms with E-state index in [1.807, 2.05) is 30.3 Å². The Morgan fingerprint density at radius 3 is 2.59 bits per heavy atom. The summed E-state index contributed by atoms with van der Waals surface area (Å²) < 4.78 is 10.9. The SMILES string of the molecule is O=C(Oc1ccccc1Cl)C1=C(c2ccccc2)SCCO1. The number of thioether (sulfide) groups is 1. The van der Waals surface area contributed by atoms with Gasteiger partial charge in [-0.3, -0.25) is 0 Å². The Morgan fingerprint density at radius 1 is 1.09 bits per heavy atom. The molecule has 0 saturated heterocycles. The predicted molar refractivity (Wildman–Crippen MR) is 88.9 cm³/mol. The predicted octanol–water partition coefficient (Wildman–Crippen LogP) is 4.38. The van der Waals surface area contributed by atoms with Crippen molar-refractivity contribution in [3.63, 3.8) is 0 Å². The topological polar surface area (TPSA) is 35.5 Å². The van der Waals surface area contributed by atoms with Crippen molar-refractivity contribution in [2.24, 2.45) is 0 Å². The van der Waals surface area contributed by atoms with Crippen LogP contribution in [-0.2, 0) is 9.53 Å². The van der Waals surface area contributed by atoms with Gasteiger partial charge in [-0.1, -0.05) is 54.1 Å². The van der Waals surface area contributed by atoms with E-state index in [0.29, 0.717) is 17.4 Å². The van der Waals surface area contributed by atoms with Crippen LogP contribution >= 0.6 is 23.4 Å². The molecule has 0 radical (unpaired) electrons. The molecule has 1 aliphatic rings. The number of rotatable bonds is 3. The third kappa shape index (κ3) is 3.29. The van der Waals surface area contributed by atoms with E-state index < -0.39 is 5.97 Å². The van der Waals surface area contributed by atoms with E-state index in [-0.39, 0.29) is 5.76 Å². The van der Waals surface area contributed by atoms with Gasteiger partial charge in [0.2, 0.25) is 5.76 Å². The minimum Gasteiger partial charge on any atom is -0.485 e. The molecule has 0 spiro atoms. The number of hydrogen-bond donors (Lipinski definition) is 0. The summed E-state index contributed by atoms with van der Waals surface area (Å²) in [7, 11) is 0. The maximum Gasteiger partial charge on any atom is 0.380 e. The van der Waals surface area contributed by atoms with Gasteiger partial charge in [-0.05, 0) is 17.7 Å². The molecule has 0 saturated carbocycles. The van der Waals surface area contributed by atoms with E-state index in [4.69, 9.17) is 21.1 Å². The molecule has 0 bridgehead atoms. The fourth-order valence-electron chi connectivity index (χ4n) is 2.05. The van der Waals surface area contributed by atoms with E-state index >= 15 is 0 Å². The molecule has 3 nitrogen and oxygen atoms in total. The molecule has 0 amide bonds. The highest BCUT2D eigenvalue weighted by Crippen LogP contribution is 2.35. The van der Waals surface area contributed by atoms with Crippen molar-refractivity contribution in [1.82, 2.24) is 0 Å². The number of para-hydroxylation sites is 1. The number of carbonyl (C=O) groups excluding carboxylic acids is 1. The average molecular weight is 333 g/mol. The number of carbonyl (C=O) groups is 1. The minimum atomic E-state index is -0.529. The first-order chi connectivity index (χ1) is 10.8. The van der Waals surface area contributed by atoms with Gasteiger partial charge in [0, 0.05) is 5.75 Å². The van der Waals surface area contributed by atoms with E-state index in [9.17, 15) is 4.79 Å². The van der Waals surface area contributed by atoms with Gasteiger partial charge in [-0.15, -0.1) is 11.8 Å². The fraction of sp³-hybridized carbons (Fsp3) is 0.118. The fourth-order valence-corrected chi connectivity index (χ4v) is 3.17. The first kappa shape index (κ1) is 15.0. The molecule has 0 atom stereocenters. The number of benzene rings is 2. The maximum atomic E-state index is 12.4. The van der Waals surface area contributed by atoms with Gasteiger partial charge in [0.1, 0.15) is 5.75 Å². The minimum absolute atomic E-state index is 0.238. The van der Waals surface area contributed by atoms with Crippen LogP contribution in [0.15, 0.2) is 60.4 Å². The second kappa shape index (κ2) is 6.90. The average Bonchev–Trinajstić information content (AvgIpc) is 2.58. The Balaban J connectivity index is 1.91. The van der Waals surface area contributed by atoms with Crippen molar-refractivity contribution in [2.45, 2.75) is 0 Å². The lowest BCUT2D eigenvalue weighted by Gasteiger charge is -2.20. The van der Waals surface area contributed by atoms with Crippen LogP contribution < -0.4 is 4.74 Å². The van der Waals surface area contributed by atoms with Crippen molar-refractivity contribution in [2.75, 3.05) is 12.4 Å². The zero-order chi connectivity index (χ0) is 15.4. The van der Waals surface area contributed by atoms with Crippen molar-refractivity contribution in [3.8, 4) is 5.75 Å². The highest BCUT2D eigenvalue weighted by molar-refractivity contribution is 8.08. The summed E-state index contributed by atoms with van der Waals surface area (Å²) in [5.74, 6) is 0.836. The summed E-state index contributed by atoms with van der Waals surface area (Å²) in [6.45, 7) is 0.480. The highest BCUT2D eigenvalue weighted by Gasteiger charge is 2.25. The van der Waals surface area contributed by atoms with E-state index in [1.165, 1.54) is 0 Å². The first-order valence-electron chi connectivity index (χ1n) is 6.77. The van der Waals surface area contributed by atoms with Crippen LogP contribution in [0.4, 0.5) is 0 Å². The molecule has 1 aliphatic heterocycles. The molecule has 2 aromatic carbocycles. The van der Waals surface area contributed by atoms with Crippen molar-refractivity contribution < 1.29 is 14.3 Å². The molecule has 2 aromatic rings. The Hall–Kier alpha value is -1.91. The summed E-state index contributed by atoms with van der Waals surface area (Å²) in [6, 6.07) is 16.5. The summed E-state index contributed by atoms with van der Waals surface area (Å²) >= 11 is 7.61. The Labute approximate surface area is 137 Å². The monoisotopic (exact) mass is 332 g/mol. The van der Waals surface area contributed by atoms with E-state index in [1.54, 1.807) is 36.0 Å². The number of esters is 1. The maximum absolute atomic E-state index is 12.4. The Kier molecular flexibility index (Phi) is 4.71. The van der Waals surface area contributed by atoms with Crippen LogP contribution in [0.3, 0.4) is 0 Å². The molecule has 5 heteroatoms. The van der Waals surface area contributed by atoms with Crippen molar-refractivity contribution in [3.05, 3.63) is 70.9 Å². The second-order valence-corrected chi connectivity index (χ2v) is 6.05. The third-order valence-electron chi connectivity index (χ3n) is 3.04. The summed E-state index contributed by atoms with van der Waals surface area (Å²) in [6.07, 6.45) is 0. The van der Waals surface area contributed by atoms with Gasteiger partial charge in [-0.25, -0.2) is 4.79 Å². The van der Waals surface area contributed by atoms with Crippen LogP contribution in [0.25, 0.3) is 4.91 Å². The summed E-state index contributed by atoms with van der Waals surface area (Å²) in [5.41, 5.74) is 0.943. The molecule has 0 aromatic heterocycles. The lowest BCUT2D eigenvalue weighted by molar-refractivity contribution is -0.133. The number of hydrogen-bond acceptors (Lipinski definition) is 4. The Bertz CT molecular complexity index is 713. The molecule has 0 aliphatic carbocycles. The molecular formula is C17H13ClO3S. The number of ether oxygens (including phenoxy) is 2. The first-order valence-corrected chi connectivity index (χ1v) is 8.14. The molecule has 0 unspecified atom stereocenters. The van der Waals surface area contributed by atoms with Crippen LogP contribution in [-0.4, -0.2) is 18.3 Å². The molecule has 1 heterocycles. The van der Waals surface area contributed by atoms with Gasteiger partial charge in [-0.2, -0.15) is 0 Å². The lowest BCUT2D eigenvalue weighted by atomic mass is 10.2. The molecule has 22 heavy (non-hydrogen) atoms. The molecule has 0 N–H and O–H groups in total. The molecule has 112 valence electrons. The zero-order valence-electron chi connectivity index (χ0n) is 11.6. The van der Waals surface area contributed by atoms with Crippen LogP contribution in [0, 0.1) is 0 Å². The van der Waals surface area contributed by atoms with Gasteiger partial charge < -0.3 is 9.47 Å². The van der Waals surface area contributed by atoms with Crippen LogP contribution in [0.1, 0.15) is 5.56 Å². The number of halogens is 1. The van der Waals surface area contributed by atoms with Crippen LogP contribution in [0.5, 0.6) is 5.75 Å². The van der Waals surface area contributed by atoms with E-state index in [2.05, 4.69) is 0 Å². The van der Waals surface area contributed by atoms with Gasteiger partial charge in [0.15, 0.2) is 0 Å². The van der Waals surface area contributed by atoms with E-state index in [0.717, 1.165) is 16.2 Å². The van der Waals surface area contributed by atoms with Crippen LogP contribution in [0.2, 0.25) is 5.02 Å². The summed E-state index contributed by atoms with van der Waals surface area (Å²) in [4.78, 5) is 13.2. The zero-order valence-corrected chi connectivity index (χ0v) is 13.2. The van der Waals surface area contributed by atoms with Gasteiger partial charge in [0.25, 0.3) is 0 Å². The third-order valence-corrected chi connectivity index (χ3v) is 4.44. The Morgan fingerprint density at radius 2 is 1.82 bits per heavy atom. The lowest BCUT2D eigenvalue weighted by Crippen LogP contribution is -2.19. The smallest absolute Gasteiger partial charge is 0.380 e. The standard InChI is InChI=1S/C17H13ClO3S/c18-13-8-4-5-9-14(13)21-17(19)15-16(22-11-10-20-15)12-6-2-1-3-7-12/h1-9H,10-11H2. The molecule has 3 rings (SSSR count). The van der Waals surface area contributed by atoms with Gasteiger partial charge >= 0.3 is 5.97 Å². The largest absolute Gasteiger partial charge is 0.485 e. The second-order valence-electron chi connectivity index (χ2n) is 4.54. The molecule has 0 fully saturated rings. The summed E-state index contributed by atoms with van der Waals surface area (Å²) in [5, 5.41) is 0.390.